The minimum absolute atomic E-state index is 0.296. The van der Waals surface area contributed by atoms with Crippen LogP contribution in [0.2, 0.25) is 0 Å². The summed E-state index contributed by atoms with van der Waals surface area (Å²) in [7, 11) is 1.77. The molecule has 0 radical (unpaired) electrons. The van der Waals surface area contributed by atoms with Gasteiger partial charge in [-0.25, -0.2) is 0 Å². The van der Waals surface area contributed by atoms with Crippen LogP contribution in [0.3, 0.4) is 0 Å². The second-order valence-electron chi connectivity index (χ2n) is 7.53. The highest BCUT2D eigenvalue weighted by Crippen LogP contribution is 2.19. The zero-order chi connectivity index (χ0) is 19.6. The summed E-state index contributed by atoms with van der Waals surface area (Å²) in [6.45, 7) is 5.87. The second kappa shape index (κ2) is 11.0. The quantitative estimate of drug-likeness (QED) is 0.566. The molecule has 1 aliphatic rings. The predicted molar refractivity (Wildman–Crippen MR) is 116 cm³/mol. The van der Waals surface area contributed by atoms with E-state index in [2.05, 4.69) is 83.7 Å². The molecule has 3 rings (SSSR count). The van der Waals surface area contributed by atoms with Crippen molar-refractivity contribution in [2.24, 2.45) is 5.10 Å². The van der Waals surface area contributed by atoms with Crippen LogP contribution in [0.25, 0.3) is 0 Å². The van der Waals surface area contributed by atoms with E-state index in [9.17, 15) is 0 Å². The molecule has 0 N–H and O–H groups in total. The molecule has 28 heavy (non-hydrogen) atoms. The maximum Gasteiger partial charge on any atom is 0.0704 e. The van der Waals surface area contributed by atoms with Gasteiger partial charge in [-0.05, 0) is 30.4 Å². The molecule has 1 fully saturated rings. The molecule has 2 aromatic rings. The number of hydrogen-bond acceptors (Lipinski definition) is 4. The van der Waals surface area contributed by atoms with Crippen molar-refractivity contribution in [1.29, 1.82) is 0 Å². The van der Waals surface area contributed by atoms with Crippen molar-refractivity contribution < 1.29 is 4.74 Å². The molecule has 1 saturated heterocycles. The van der Waals surface area contributed by atoms with Crippen LogP contribution in [0.5, 0.6) is 0 Å². The topological polar surface area (TPSA) is 28.1 Å². The molecule has 4 heteroatoms. The Morgan fingerprint density at radius 3 is 2.21 bits per heavy atom. The van der Waals surface area contributed by atoms with E-state index in [-0.39, 0.29) is 0 Å². The minimum atomic E-state index is 0.296. The summed E-state index contributed by atoms with van der Waals surface area (Å²) < 4.78 is 5.37. The van der Waals surface area contributed by atoms with Gasteiger partial charge in [0, 0.05) is 39.0 Å². The monoisotopic (exact) mass is 379 g/mol. The van der Waals surface area contributed by atoms with Crippen molar-refractivity contribution in [3.8, 4) is 0 Å². The Kier molecular flexibility index (Phi) is 8.07. The fourth-order valence-electron chi connectivity index (χ4n) is 3.88. The second-order valence-corrected chi connectivity index (χ2v) is 7.53. The highest BCUT2D eigenvalue weighted by Gasteiger charge is 2.23. The summed E-state index contributed by atoms with van der Waals surface area (Å²) in [6.07, 6.45) is 5.55. The van der Waals surface area contributed by atoms with E-state index < -0.39 is 0 Å². The molecule has 0 aliphatic carbocycles. The van der Waals surface area contributed by atoms with E-state index in [0.717, 1.165) is 32.7 Å². The molecule has 0 saturated carbocycles. The van der Waals surface area contributed by atoms with Crippen LogP contribution < -0.4 is 0 Å². The van der Waals surface area contributed by atoms with E-state index in [1.165, 1.54) is 24.0 Å². The van der Waals surface area contributed by atoms with Crippen molar-refractivity contribution in [2.75, 3.05) is 20.3 Å². The van der Waals surface area contributed by atoms with Crippen LogP contribution in [0.1, 0.15) is 37.3 Å². The number of hydrogen-bond donors (Lipinski definition) is 0. The first kappa shape index (κ1) is 20.6. The molecule has 0 bridgehead atoms. The first-order valence-electron chi connectivity index (χ1n) is 10.4. The smallest absolute Gasteiger partial charge is 0.0704 e. The average molecular weight is 380 g/mol. The van der Waals surface area contributed by atoms with E-state index in [1.807, 2.05) is 0 Å². The van der Waals surface area contributed by atoms with Crippen LogP contribution in [0.4, 0.5) is 0 Å². The number of methoxy groups -OCH3 is 1. The lowest BCUT2D eigenvalue weighted by atomic mass is 10.1. The Morgan fingerprint density at radius 1 is 1.07 bits per heavy atom. The van der Waals surface area contributed by atoms with Gasteiger partial charge in [0.2, 0.25) is 0 Å². The first-order chi connectivity index (χ1) is 13.8. The molecule has 150 valence electrons. The highest BCUT2D eigenvalue weighted by atomic mass is 16.5. The lowest BCUT2D eigenvalue weighted by Crippen LogP contribution is -2.36. The van der Waals surface area contributed by atoms with Gasteiger partial charge in [-0.15, -0.1) is 0 Å². The van der Waals surface area contributed by atoms with Crippen LogP contribution in [0, 0.1) is 0 Å². The van der Waals surface area contributed by atoms with E-state index in [4.69, 9.17) is 9.84 Å². The zero-order valence-corrected chi connectivity index (χ0v) is 17.2. The van der Waals surface area contributed by atoms with Crippen LogP contribution in [0.15, 0.2) is 65.8 Å². The third-order valence-electron chi connectivity index (χ3n) is 5.44. The maximum atomic E-state index is 5.37. The number of ether oxygens (including phenoxy) is 1. The number of rotatable bonds is 10. The van der Waals surface area contributed by atoms with Crippen molar-refractivity contribution in [3.05, 3.63) is 71.8 Å². The molecular weight excluding hydrogens is 346 g/mol. The minimum Gasteiger partial charge on any atom is -0.382 e. The van der Waals surface area contributed by atoms with Gasteiger partial charge in [0.25, 0.3) is 0 Å². The van der Waals surface area contributed by atoms with Crippen molar-refractivity contribution in [3.63, 3.8) is 0 Å². The van der Waals surface area contributed by atoms with Gasteiger partial charge in [0.15, 0.2) is 0 Å². The predicted octanol–water partition coefficient (Wildman–Crippen LogP) is 4.56. The van der Waals surface area contributed by atoms with Crippen LogP contribution in [-0.2, 0) is 17.8 Å². The van der Waals surface area contributed by atoms with Crippen LogP contribution >= 0.6 is 0 Å². The van der Waals surface area contributed by atoms with E-state index in [1.54, 1.807) is 7.11 Å². The molecule has 0 unspecified atom stereocenters. The fraction of sp³-hybridized carbons (Fsp3) is 0.458. The van der Waals surface area contributed by atoms with E-state index >= 15 is 0 Å². The molecule has 2 aromatic carbocycles. The van der Waals surface area contributed by atoms with Gasteiger partial charge in [0.05, 0.1) is 12.6 Å². The number of nitrogens with zero attached hydrogens (tertiary/aromatic N) is 3. The van der Waals surface area contributed by atoms with Crippen LogP contribution in [-0.4, -0.2) is 48.5 Å². The van der Waals surface area contributed by atoms with Gasteiger partial charge in [-0.1, -0.05) is 67.6 Å². The molecule has 0 aromatic heterocycles. The highest BCUT2D eigenvalue weighted by molar-refractivity contribution is 5.64. The summed E-state index contributed by atoms with van der Waals surface area (Å²) in [5.41, 5.74) is 2.67. The number of hydrazone groups is 1. The van der Waals surface area contributed by atoms with Gasteiger partial charge in [-0.2, -0.15) is 5.10 Å². The third-order valence-corrected chi connectivity index (χ3v) is 5.44. The molecule has 0 amide bonds. The molecule has 1 heterocycles. The van der Waals surface area contributed by atoms with Gasteiger partial charge < -0.3 is 4.74 Å². The molecule has 2 atom stereocenters. The van der Waals surface area contributed by atoms with Crippen molar-refractivity contribution in [1.82, 2.24) is 9.91 Å². The lowest BCUT2D eigenvalue weighted by Gasteiger charge is -2.30. The first-order valence-corrected chi connectivity index (χ1v) is 10.4. The SMILES string of the molecule is CC[C@@H](/C=N/N1CCC[C@H]1COC)N(Cc1ccccc1)Cc1ccccc1. The Morgan fingerprint density at radius 2 is 1.68 bits per heavy atom. The summed E-state index contributed by atoms with van der Waals surface area (Å²) in [6, 6.07) is 22.1. The fourth-order valence-corrected chi connectivity index (χ4v) is 3.88. The third kappa shape index (κ3) is 5.91. The summed E-state index contributed by atoms with van der Waals surface area (Å²) in [5, 5.41) is 7.10. The molecule has 0 spiro atoms. The van der Waals surface area contributed by atoms with Gasteiger partial charge in [-0.3, -0.25) is 9.91 Å². The molecule has 1 aliphatic heterocycles. The number of benzene rings is 2. The van der Waals surface area contributed by atoms with Crippen molar-refractivity contribution in [2.45, 2.75) is 51.4 Å². The Labute approximate surface area is 169 Å². The maximum absolute atomic E-state index is 5.37. The van der Waals surface area contributed by atoms with E-state index in [0.29, 0.717) is 12.1 Å². The molecular formula is C24H33N3O. The lowest BCUT2D eigenvalue weighted by molar-refractivity contribution is 0.117. The molecule has 4 nitrogen and oxygen atoms in total. The van der Waals surface area contributed by atoms with Gasteiger partial charge in [0.1, 0.15) is 0 Å². The Bertz CT molecular complexity index is 663. The zero-order valence-electron chi connectivity index (χ0n) is 17.2. The average Bonchev–Trinajstić information content (AvgIpc) is 3.17. The standard InChI is InChI=1S/C24H33N3O/c1-3-23(17-25-27-16-10-15-24(27)20-28-2)26(18-21-11-6-4-7-12-21)19-22-13-8-5-9-14-22/h4-9,11-14,17,23-24H,3,10,15-16,18-20H2,1-2H3/b25-17+/t23-,24-/m0/s1. The summed E-state index contributed by atoms with van der Waals surface area (Å²) in [5.74, 6) is 0. The summed E-state index contributed by atoms with van der Waals surface area (Å²) in [4.78, 5) is 2.52. The van der Waals surface area contributed by atoms with Gasteiger partial charge >= 0.3 is 0 Å². The largest absolute Gasteiger partial charge is 0.382 e. The summed E-state index contributed by atoms with van der Waals surface area (Å²) >= 11 is 0. The Balaban J connectivity index is 1.74. The Hall–Kier alpha value is -2.17. The van der Waals surface area contributed by atoms with Crippen molar-refractivity contribution >= 4 is 6.21 Å². The normalized spacial score (nSPS) is 18.2.